The average Bonchev–Trinajstić information content (AvgIpc) is 2.89. The van der Waals surface area contributed by atoms with Crippen LogP contribution in [0.4, 0.5) is 0 Å². The predicted octanol–water partition coefficient (Wildman–Crippen LogP) is 4.14. The molecule has 26 heavy (non-hydrogen) atoms. The minimum atomic E-state index is -1.09. The number of benzene rings is 2. The summed E-state index contributed by atoms with van der Waals surface area (Å²) in [6, 6.07) is 17.8. The molecule has 0 bridgehead atoms. The van der Waals surface area contributed by atoms with Gasteiger partial charge in [-0.25, -0.2) is 0 Å². The van der Waals surface area contributed by atoms with Gasteiger partial charge in [-0.3, -0.25) is 14.5 Å². The maximum atomic E-state index is 12.3. The lowest BCUT2D eigenvalue weighted by molar-refractivity contribution is -0.140. The van der Waals surface area contributed by atoms with Crippen molar-refractivity contribution < 1.29 is 14.7 Å². The lowest BCUT2D eigenvalue weighted by Gasteiger charge is -2.10. The lowest BCUT2D eigenvalue weighted by Crippen LogP contribution is -2.33. The Morgan fingerprint density at radius 2 is 1.58 bits per heavy atom. The second kappa shape index (κ2) is 8.12. The van der Waals surface area contributed by atoms with Crippen LogP contribution in [-0.2, 0) is 9.59 Å². The standard InChI is InChI=1S/C20H15NO3S2/c22-18(23)13-21-19(24)17(26-20(21)25)12-16-10-8-15(9-11-16)7-6-14-4-2-1-3-5-14/h1-12H,13H2,(H,22,23). The Kier molecular flexibility index (Phi) is 5.65. The Balaban J connectivity index is 1.72. The van der Waals surface area contributed by atoms with Crippen molar-refractivity contribution in [3.05, 3.63) is 76.2 Å². The van der Waals surface area contributed by atoms with Gasteiger partial charge in [0.2, 0.25) is 0 Å². The molecule has 1 N–H and O–H groups in total. The van der Waals surface area contributed by atoms with Crippen LogP contribution >= 0.6 is 24.0 Å². The second-order valence-corrected chi connectivity index (χ2v) is 7.25. The molecule has 0 spiro atoms. The summed E-state index contributed by atoms with van der Waals surface area (Å²) in [5.41, 5.74) is 3.03. The Labute approximate surface area is 160 Å². The number of carboxylic acids is 1. The molecule has 1 heterocycles. The van der Waals surface area contributed by atoms with E-state index in [9.17, 15) is 9.59 Å². The van der Waals surface area contributed by atoms with Gasteiger partial charge in [-0.05, 0) is 22.8 Å². The molecular weight excluding hydrogens is 366 g/mol. The number of aliphatic carboxylic acids is 1. The Bertz CT molecular complexity index is 902. The summed E-state index contributed by atoms with van der Waals surface area (Å²) in [7, 11) is 0. The zero-order valence-corrected chi connectivity index (χ0v) is 15.3. The van der Waals surface area contributed by atoms with Crippen molar-refractivity contribution >= 4 is 58.4 Å². The van der Waals surface area contributed by atoms with Crippen LogP contribution in [0, 0.1) is 0 Å². The molecule has 1 saturated heterocycles. The summed E-state index contributed by atoms with van der Waals surface area (Å²) in [5, 5.41) is 8.86. The minimum absolute atomic E-state index is 0.270. The zero-order chi connectivity index (χ0) is 18.5. The molecule has 4 nitrogen and oxygen atoms in total. The second-order valence-electron chi connectivity index (χ2n) is 5.57. The van der Waals surface area contributed by atoms with Gasteiger partial charge in [0.1, 0.15) is 10.9 Å². The third-order valence-electron chi connectivity index (χ3n) is 3.67. The van der Waals surface area contributed by atoms with Crippen molar-refractivity contribution in [2.45, 2.75) is 0 Å². The van der Waals surface area contributed by atoms with E-state index in [4.69, 9.17) is 17.3 Å². The van der Waals surface area contributed by atoms with Gasteiger partial charge in [0.05, 0.1) is 4.91 Å². The highest BCUT2D eigenvalue weighted by Gasteiger charge is 2.33. The summed E-state index contributed by atoms with van der Waals surface area (Å²) >= 11 is 6.21. The van der Waals surface area contributed by atoms with Crippen LogP contribution in [0.1, 0.15) is 16.7 Å². The molecule has 1 aliphatic rings. The fourth-order valence-electron chi connectivity index (χ4n) is 2.38. The van der Waals surface area contributed by atoms with Gasteiger partial charge in [-0.15, -0.1) is 0 Å². The molecule has 1 amide bonds. The summed E-state index contributed by atoms with van der Waals surface area (Å²) in [6.07, 6.45) is 5.78. The number of carboxylic acid groups (broad SMARTS) is 1. The first-order valence-electron chi connectivity index (χ1n) is 7.83. The largest absolute Gasteiger partial charge is 0.480 e. The Morgan fingerprint density at radius 3 is 2.19 bits per heavy atom. The summed E-state index contributed by atoms with van der Waals surface area (Å²) in [4.78, 5) is 24.6. The van der Waals surface area contributed by atoms with Gasteiger partial charge < -0.3 is 5.11 Å². The van der Waals surface area contributed by atoms with Crippen LogP contribution < -0.4 is 0 Å². The summed E-state index contributed by atoms with van der Waals surface area (Å²) in [6.45, 7) is -0.411. The van der Waals surface area contributed by atoms with Crippen LogP contribution in [-0.4, -0.2) is 32.7 Å². The van der Waals surface area contributed by atoms with Crippen LogP contribution in [0.3, 0.4) is 0 Å². The highest BCUT2D eigenvalue weighted by atomic mass is 32.2. The molecule has 0 aliphatic carbocycles. The first-order chi connectivity index (χ1) is 12.5. The van der Waals surface area contributed by atoms with Crippen molar-refractivity contribution in [2.75, 3.05) is 6.54 Å². The van der Waals surface area contributed by atoms with E-state index in [1.165, 1.54) is 0 Å². The van der Waals surface area contributed by atoms with Gasteiger partial charge in [0.25, 0.3) is 5.91 Å². The molecule has 1 fully saturated rings. The van der Waals surface area contributed by atoms with E-state index in [1.54, 1.807) is 6.08 Å². The van der Waals surface area contributed by atoms with Crippen molar-refractivity contribution in [1.82, 2.24) is 4.90 Å². The molecule has 2 aromatic carbocycles. The molecule has 0 saturated carbocycles. The quantitative estimate of drug-likeness (QED) is 0.479. The van der Waals surface area contributed by atoms with E-state index in [2.05, 4.69) is 0 Å². The predicted molar refractivity (Wildman–Crippen MR) is 109 cm³/mol. The lowest BCUT2D eigenvalue weighted by atomic mass is 10.1. The van der Waals surface area contributed by atoms with Gasteiger partial charge in [0, 0.05) is 0 Å². The third kappa shape index (κ3) is 4.47. The first kappa shape index (κ1) is 18.1. The first-order valence-corrected chi connectivity index (χ1v) is 9.06. The van der Waals surface area contributed by atoms with Gasteiger partial charge >= 0.3 is 5.97 Å². The molecule has 130 valence electrons. The summed E-state index contributed by atoms with van der Waals surface area (Å²) < 4.78 is 0.270. The molecule has 6 heteroatoms. The van der Waals surface area contributed by atoms with E-state index in [0.717, 1.165) is 33.4 Å². The molecule has 0 unspecified atom stereocenters. The number of hydrogen-bond acceptors (Lipinski definition) is 4. The van der Waals surface area contributed by atoms with Crippen molar-refractivity contribution in [1.29, 1.82) is 0 Å². The number of hydrogen-bond donors (Lipinski definition) is 1. The number of carbonyl (C=O) groups is 2. The van der Waals surface area contributed by atoms with E-state index in [0.29, 0.717) is 4.91 Å². The fraction of sp³-hybridized carbons (Fsp3) is 0.0500. The van der Waals surface area contributed by atoms with E-state index in [-0.39, 0.29) is 10.2 Å². The van der Waals surface area contributed by atoms with E-state index >= 15 is 0 Å². The van der Waals surface area contributed by atoms with Crippen molar-refractivity contribution in [3.63, 3.8) is 0 Å². The smallest absolute Gasteiger partial charge is 0.323 e. The molecule has 0 radical (unpaired) electrons. The van der Waals surface area contributed by atoms with Gasteiger partial charge in [0.15, 0.2) is 0 Å². The van der Waals surface area contributed by atoms with E-state index < -0.39 is 12.5 Å². The molecule has 3 rings (SSSR count). The fourth-order valence-corrected chi connectivity index (χ4v) is 3.64. The molecule has 0 atom stereocenters. The monoisotopic (exact) mass is 381 g/mol. The number of thiocarbonyl (C=S) groups is 1. The molecule has 1 aliphatic heterocycles. The number of carbonyl (C=O) groups excluding carboxylic acids is 1. The molecular formula is C20H15NO3S2. The topological polar surface area (TPSA) is 57.6 Å². The van der Waals surface area contributed by atoms with Crippen LogP contribution in [0.15, 0.2) is 59.5 Å². The maximum Gasteiger partial charge on any atom is 0.323 e. The zero-order valence-electron chi connectivity index (χ0n) is 13.7. The normalized spacial score (nSPS) is 16.0. The Hall–Kier alpha value is -2.70. The maximum absolute atomic E-state index is 12.3. The molecule has 2 aromatic rings. The highest BCUT2D eigenvalue weighted by Crippen LogP contribution is 2.32. The van der Waals surface area contributed by atoms with Crippen molar-refractivity contribution in [3.8, 4) is 0 Å². The number of nitrogens with zero attached hydrogens (tertiary/aromatic N) is 1. The van der Waals surface area contributed by atoms with Crippen molar-refractivity contribution in [2.24, 2.45) is 0 Å². The van der Waals surface area contributed by atoms with E-state index in [1.807, 2.05) is 66.7 Å². The van der Waals surface area contributed by atoms with Gasteiger partial charge in [-0.2, -0.15) is 0 Å². The van der Waals surface area contributed by atoms with Gasteiger partial charge in [-0.1, -0.05) is 90.7 Å². The number of amides is 1. The summed E-state index contributed by atoms with van der Waals surface area (Å²) in [5.74, 6) is -1.45. The minimum Gasteiger partial charge on any atom is -0.480 e. The van der Waals surface area contributed by atoms with Crippen LogP contribution in [0.2, 0.25) is 0 Å². The highest BCUT2D eigenvalue weighted by molar-refractivity contribution is 8.26. The molecule has 0 aromatic heterocycles. The number of rotatable bonds is 5. The Morgan fingerprint density at radius 1 is 1.00 bits per heavy atom. The van der Waals surface area contributed by atoms with Crippen LogP contribution in [0.5, 0.6) is 0 Å². The average molecular weight is 381 g/mol. The van der Waals surface area contributed by atoms with Crippen LogP contribution in [0.25, 0.3) is 18.2 Å². The number of thioether (sulfide) groups is 1. The SMILES string of the molecule is O=C(O)CN1C(=O)C(=Cc2ccc(C=Cc3ccccc3)cc2)SC1=S. The third-order valence-corrected chi connectivity index (χ3v) is 5.05.